The second kappa shape index (κ2) is 54.8. The van der Waals surface area contributed by atoms with Crippen LogP contribution in [0.4, 0.5) is 0 Å². The maximum Gasteiger partial charge on any atom is 0.306 e. The zero-order valence-electron chi connectivity index (χ0n) is 44.9. The van der Waals surface area contributed by atoms with Crippen molar-refractivity contribution in [1.29, 1.82) is 0 Å². The Morgan fingerprint density at radius 2 is 0.731 bits per heavy atom. The number of carbonyl (C=O) groups excluding carboxylic acids is 1. The molecule has 0 aromatic heterocycles. The Hall–Kier alpha value is -2.17. The number of esters is 1. The van der Waals surface area contributed by atoms with Crippen LogP contribution in [0.1, 0.15) is 291 Å². The number of ether oxygens (including phenoxy) is 1. The van der Waals surface area contributed by atoms with Gasteiger partial charge < -0.3 is 14.7 Å². The van der Waals surface area contributed by atoms with Gasteiger partial charge in [-0.2, -0.15) is 0 Å². The van der Waals surface area contributed by atoms with E-state index in [9.17, 15) is 9.90 Å². The van der Waals surface area contributed by atoms with Gasteiger partial charge in [-0.25, -0.2) is 0 Å². The molecule has 0 saturated carbocycles. The molecule has 4 nitrogen and oxygen atoms in total. The number of aliphatic hydroxyl groups is 1. The largest absolute Gasteiger partial charge is 0.459 e. The van der Waals surface area contributed by atoms with Crippen LogP contribution in [-0.2, 0) is 9.53 Å². The van der Waals surface area contributed by atoms with E-state index in [0.717, 1.165) is 90.0 Å². The van der Waals surface area contributed by atoms with Gasteiger partial charge in [0.25, 0.3) is 0 Å². The highest BCUT2D eigenvalue weighted by atomic mass is 16.6. The van der Waals surface area contributed by atoms with Crippen molar-refractivity contribution in [2.75, 3.05) is 20.6 Å². The summed E-state index contributed by atoms with van der Waals surface area (Å²) >= 11 is 0. The molecule has 0 aliphatic rings. The molecule has 0 bridgehead atoms. The molecule has 0 rings (SSSR count). The van der Waals surface area contributed by atoms with Crippen molar-refractivity contribution >= 4 is 5.97 Å². The Morgan fingerprint density at radius 1 is 0.433 bits per heavy atom. The molecule has 0 amide bonds. The number of hydrogen-bond acceptors (Lipinski definition) is 4. The molecule has 0 heterocycles. The quantitative estimate of drug-likeness (QED) is 0.0375. The van der Waals surface area contributed by atoms with E-state index in [2.05, 4.69) is 113 Å². The molecule has 4 heteroatoms. The lowest BCUT2D eigenvalue weighted by Gasteiger charge is -2.36. The van der Waals surface area contributed by atoms with E-state index in [-0.39, 0.29) is 13.4 Å². The van der Waals surface area contributed by atoms with Gasteiger partial charge in [0, 0.05) is 6.42 Å². The van der Waals surface area contributed by atoms with Crippen molar-refractivity contribution in [1.82, 2.24) is 4.90 Å². The van der Waals surface area contributed by atoms with E-state index in [1.165, 1.54) is 173 Å². The van der Waals surface area contributed by atoms with Crippen LogP contribution in [0.2, 0.25) is 0 Å². The van der Waals surface area contributed by atoms with Crippen LogP contribution in [0, 0.1) is 0 Å². The Bertz CT molecular complexity index is 1130. The summed E-state index contributed by atoms with van der Waals surface area (Å²) in [6.07, 6.45) is 74.7. The number of carbonyl (C=O) groups is 1. The Labute approximate surface area is 420 Å². The first-order valence-corrected chi connectivity index (χ1v) is 28.9. The van der Waals surface area contributed by atoms with Gasteiger partial charge in [-0.1, -0.05) is 230 Å². The summed E-state index contributed by atoms with van der Waals surface area (Å²) in [5.41, 5.74) is -0.946. The predicted molar refractivity (Wildman–Crippen MR) is 301 cm³/mol. The molecule has 67 heavy (non-hydrogen) atoms. The number of unbranched alkanes of at least 4 members (excludes halogenated alkanes) is 27. The van der Waals surface area contributed by atoms with Crippen LogP contribution in [0.15, 0.2) is 72.9 Å². The SMILES string of the molecule is C.CCCCC/C=C\C/C=C\CCCCCCCCC(OC(=O)CCCN(C)C)C(O)(CCCCCCCC/C=C\C/C=C\CCCCC)CCCCCCCC/C=C\C/C=C\CCCCC. The summed E-state index contributed by atoms with van der Waals surface area (Å²) in [5.74, 6) is -0.130. The van der Waals surface area contributed by atoms with Gasteiger partial charge in [-0.05, 0) is 149 Å². The topological polar surface area (TPSA) is 49.8 Å². The van der Waals surface area contributed by atoms with E-state index < -0.39 is 11.7 Å². The molecule has 1 atom stereocenters. The van der Waals surface area contributed by atoms with Crippen LogP contribution in [-0.4, -0.2) is 48.3 Å². The van der Waals surface area contributed by atoms with Crippen molar-refractivity contribution in [3.05, 3.63) is 72.9 Å². The third-order valence-corrected chi connectivity index (χ3v) is 13.1. The second-order valence-electron chi connectivity index (χ2n) is 20.0. The van der Waals surface area contributed by atoms with E-state index in [4.69, 9.17) is 4.74 Å². The summed E-state index contributed by atoms with van der Waals surface area (Å²) in [6, 6.07) is 0. The molecule has 0 aliphatic heterocycles. The predicted octanol–water partition coefficient (Wildman–Crippen LogP) is 20.2. The molecule has 0 spiro atoms. The first kappa shape index (κ1) is 66.9. The number of hydrogen-bond donors (Lipinski definition) is 1. The molecule has 0 aromatic carbocycles. The van der Waals surface area contributed by atoms with Crippen molar-refractivity contribution in [2.45, 2.75) is 303 Å². The summed E-state index contributed by atoms with van der Waals surface area (Å²) < 4.78 is 6.34. The van der Waals surface area contributed by atoms with Gasteiger partial charge >= 0.3 is 5.97 Å². The molecule has 0 aromatic rings. The molecular formula is C63H117NO3. The van der Waals surface area contributed by atoms with E-state index in [1.807, 2.05) is 0 Å². The Balaban J connectivity index is 0. The van der Waals surface area contributed by atoms with Crippen LogP contribution in [0.25, 0.3) is 0 Å². The highest BCUT2D eigenvalue weighted by Crippen LogP contribution is 2.32. The third-order valence-electron chi connectivity index (χ3n) is 13.1. The standard InChI is InChI=1S/C62H113NO3.CH4/c1-6-9-12-15-18-21-24-27-30-33-36-39-42-45-48-51-55-60(66-61(64)56-54-59-63(4)5)62(65,57-52-49-46-43-40-37-34-31-28-25-22-19-16-13-10-7-2)58-53-50-47-44-41-38-35-32-29-26-23-20-17-14-11-8-3;/h18-23,27-32,60,65H,6-17,24-26,33-59H2,1-5H3;1H4/b21-18-,22-19-,23-20-,30-27-,31-28-,32-29-;. The zero-order valence-corrected chi connectivity index (χ0v) is 44.9. The maximum absolute atomic E-state index is 13.3. The monoisotopic (exact) mass is 936 g/mol. The summed E-state index contributed by atoms with van der Waals surface area (Å²) in [5, 5.41) is 12.6. The average molecular weight is 937 g/mol. The minimum atomic E-state index is -0.946. The molecule has 0 aliphatic carbocycles. The van der Waals surface area contributed by atoms with E-state index in [1.54, 1.807) is 0 Å². The third kappa shape index (κ3) is 50.0. The van der Waals surface area contributed by atoms with Crippen LogP contribution < -0.4 is 0 Å². The molecule has 0 fully saturated rings. The molecule has 0 radical (unpaired) electrons. The summed E-state index contributed by atoms with van der Waals surface area (Å²) in [6.45, 7) is 7.66. The molecule has 0 saturated heterocycles. The van der Waals surface area contributed by atoms with Gasteiger partial charge in [0.1, 0.15) is 11.7 Å². The van der Waals surface area contributed by atoms with Crippen LogP contribution >= 0.6 is 0 Å². The molecular weight excluding hydrogens is 819 g/mol. The van der Waals surface area contributed by atoms with Gasteiger partial charge in [0.2, 0.25) is 0 Å². The normalized spacial score (nSPS) is 13.0. The van der Waals surface area contributed by atoms with Gasteiger partial charge in [0.15, 0.2) is 0 Å². The van der Waals surface area contributed by atoms with Crippen LogP contribution in [0.3, 0.4) is 0 Å². The Kier molecular flexibility index (Phi) is 54.7. The van der Waals surface area contributed by atoms with Gasteiger partial charge in [-0.3, -0.25) is 4.79 Å². The molecule has 392 valence electrons. The fourth-order valence-corrected chi connectivity index (χ4v) is 8.80. The van der Waals surface area contributed by atoms with Gasteiger partial charge in [0.05, 0.1) is 0 Å². The number of nitrogens with zero attached hydrogens (tertiary/aromatic N) is 1. The highest BCUT2D eigenvalue weighted by Gasteiger charge is 2.38. The second-order valence-corrected chi connectivity index (χ2v) is 20.0. The van der Waals surface area contributed by atoms with Crippen molar-refractivity contribution in [3.8, 4) is 0 Å². The highest BCUT2D eigenvalue weighted by molar-refractivity contribution is 5.69. The summed E-state index contributed by atoms with van der Waals surface area (Å²) in [4.78, 5) is 15.5. The van der Waals surface area contributed by atoms with Gasteiger partial charge in [-0.15, -0.1) is 0 Å². The zero-order chi connectivity index (χ0) is 48.1. The van der Waals surface area contributed by atoms with Crippen molar-refractivity contribution in [2.24, 2.45) is 0 Å². The fraction of sp³-hybridized carbons (Fsp3) is 0.794. The first-order chi connectivity index (χ1) is 32.4. The number of rotatable bonds is 51. The van der Waals surface area contributed by atoms with Crippen LogP contribution in [0.5, 0.6) is 0 Å². The molecule has 1 unspecified atom stereocenters. The smallest absolute Gasteiger partial charge is 0.306 e. The van der Waals surface area contributed by atoms with Crippen molar-refractivity contribution < 1.29 is 14.6 Å². The lowest BCUT2D eigenvalue weighted by atomic mass is 9.82. The fourth-order valence-electron chi connectivity index (χ4n) is 8.80. The summed E-state index contributed by atoms with van der Waals surface area (Å²) in [7, 11) is 4.11. The minimum Gasteiger partial charge on any atom is -0.459 e. The average Bonchev–Trinajstić information content (AvgIpc) is 3.30. The van der Waals surface area contributed by atoms with E-state index >= 15 is 0 Å². The lowest BCUT2D eigenvalue weighted by Crippen LogP contribution is -2.45. The maximum atomic E-state index is 13.3. The van der Waals surface area contributed by atoms with Crippen molar-refractivity contribution in [3.63, 3.8) is 0 Å². The minimum absolute atomic E-state index is 0. The van der Waals surface area contributed by atoms with E-state index in [0.29, 0.717) is 6.42 Å². The number of allylic oxidation sites excluding steroid dienone is 12. The molecule has 1 N–H and O–H groups in total. The first-order valence-electron chi connectivity index (χ1n) is 28.9. The Morgan fingerprint density at radius 3 is 1.06 bits per heavy atom. The lowest BCUT2D eigenvalue weighted by molar-refractivity contribution is -0.169.